The molecule has 142 valence electrons. The van der Waals surface area contributed by atoms with Crippen LogP contribution in [0.2, 0.25) is 0 Å². The fourth-order valence-corrected chi connectivity index (χ4v) is 1.49. The molecule has 0 saturated carbocycles. The first-order valence-corrected chi connectivity index (χ1v) is 8.56. The monoisotopic (exact) mass is 348 g/mol. The van der Waals surface area contributed by atoms with Crippen LogP contribution in [0.5, 0.6) is 0 Å². The normalized spacial score (nSPS) is 9.75. The summed E-state index contributed by atoms with van der Waals surface area (Å²) >= 11 is 0. The number of hydrogen-bond donors (Lipinski definition) is 1. The highest BCUT2D eigenvalue weighted by molar-refractivity contribution is 5.71. The summed E-state index contributed by atoms with van der Waals surface area (Å²) in [4.78, 5) is 34.1. The van der Waals surface area contributed by atoms with Crippen molar-refractivity contribution < 1.29 is 33.7 Å². The average Bonchev–Trinajstić information content (AvgIpc) is 2.51. The number of ether oxygens (including phenoxy) is 3. The Bertz CT molecular complexity index is 320. The molecule has 0 aromatic heterocycles. The van der Waals surface area contributed by atoms with Gasteiger partial charge in [0.25, 0.3) is 0 Å². The molecule has 0 atom stereocenters. The zero-order chi connectivity index (χ0) is 18.8. The lowest BCUT2D eigenvalue weighted by atomic mass is 10.3. The topological polar surface area (TPSA) is 99.1 Å². The van der Waals surface area contributed by atoms with Crippen molar-refractivity contribution >= 4 is 17.9 Å². The Hall–Kier alpha value is -1.63. The van der Waals surface area contributed by atoms with E-state index in [1.165, 1.54) is 0 Å². The maximum Gasteiger partial charge on any atom is 0.306 e. The Balaban J connectivity index is 0. The van der Waals surface area contributed by atoms with Crippen LogP contribution in [0.25, 0.3) is 0 Å². The minimum Gasteiger partial charge on any atom is -0.462 e. The molecule has 0 heterocycles. The second-order valence-corrected chi connectivity index (χ2v) is 5.04. The van der Waals surface area contributed by atoms with Gasteiger partial charge in [-0.2, -0.15) is 0 Å². The van der Waals surface area contributed by atoms with Gasteiger partial charge in [0, 0.05) is 25.9 Å². The quantitative estimate of drug-likeness (QED) is 0.452. The van der Waals surface area contributed by atoms with Crippen LogP contribution in [0.3, 0.4) is 0 Å². The third-order valence-electron chi connectivity index (χ3n) is 2.52. The summed E-state index contributed by atoms with van der Waals surface area (Å²) in [6.45, 7) is 7.35. The van der Waals surface area contributed by atoms with Crippen molar-refractivity contribution in [2.24, 2.45) is 0 Å². The van der Waals surface area contributed by atoms with Crippen LogP contribution in [0.1, 0.15) is 66.2 Å². The first-order chi connectivity index (χ1) is 11.4. The summed E-state index contributed by atoms with van der Waals surface area (Å²) in [5.41, 5.74) is 0. The van der Waals surface area contributed by atoms with Crippen LogP contribution in [0.4, 0.5) is 0 Å². The minimum atomic E-state index is -0.745. The van der Waals surface area contributed by atoms with Crippen LogP contribution >= 0.6 is 0 Å². The van der Waals surface area contributed by atoms with Crippen molar-refractivity contribution in [1.82, 2.24) is 0 Å². The predicted octanol–water partition coefficient (Wildman–Crippen LogP) is 2.38. The number of rotatable bonds is 11. The number of aliphatic hydroxyl groups excluding tert-OH is 1. The lowest BCUT2D eigenvalue weighted by molar-refractivity contribution is -0.166. The molecule has 0 unspecified atom stereocenters. The third kappa shape index (κ3) is 16.7. The highest BCUT2D eigenvalue weighted by atomic mass is 16.6. The molecule has 1 N–H and O–H groups in total. The molecule has 0 aliphatic heterocycles. The molecule has 0 amide bonds. The lowest BCUT2D eigenvalue weighted by Crippen LogP contribution is -2.30. The Morgan fingerprint density at radius 2 is 1.08 bits per heavy atom. The Morgan fingerprint density at radius 3 is 1.42 bits per heavy atom. The molecule has 7 heteroatoms. The Morgan fingerprint density at radius 1 is 0.750 bits per heavy atom. The highest BCUT2D eigenvalue weighted by Crippen LogP contribution is 2.03. The maximum atomic E-state index is 11.5. The van der Waals surface area contributed by atoms with Gasteiger partial charge >= 0.3 is 17.9 Å². The van der Waals surface area contributed by atoms with E-state index in [0.717, 1.165) is 0 Å². The molecule has 0 aromatic carbocycles. The van der Waals surface area contributed by atoms with E-state index in [4.69, 9.17) is 19.3 Å². The van der Waals surface area contributed by atoms with Crippen molar-refractivity contribution in [3.8, 4) is 0 Å². The first kappa shape index (κ1) is 24.6. The van der Waals surface area contributed by atoms with Gasteiger partial charge in [-0.3, -0.25) is 14.4 Å². The summed E-state index contributed by atoms with van der Waals surface area (Å²) in [6.07, 6.45) is 2.19. The molecule has 0 spiro atoms. The van der Waals surface area contributed by atoms with Crippen LogP contribution in [-0.4, -0.2) is 48.9 Å². The second-order valence-electron chi connectivity index (χ2n) is 5.04. The van der Waals surface area contributed by atoms with Gasteiger partial charge in [0.05, 0.1) is 0 Å². The molecule has 0 aliphatic carbocycles. The number of carbonyl (C=O) groups excluding carboxylic acids is 3. The summed E-state index contributed by atoms with van der Waals surface area (Å²) in [5, 5.41) is 7.57. The lowest BCUT2D eigenvalue weighted by Gasteiger charge is -2.18. The fourth-order valence-electron chi connectivity index (χ4n) is 1.49. The van der Waals surface area contributed by atoms with Crippen LogP contribution in [0, 0.1) is 0 Å². The number of carbonyl (C=O) groups is 3. The van der Waals surface area contributed by atoms with Crippen molar-refractivity contribution in [2.45, 2.75) is 72.3 Å². The van der Waals surface area contributed by atoms with Crippen LogP contribution in [0.15, 0.2) is 0 Å². The largest absolute Gasteiger partial charge is 0.462 e. The molecular weight excluding hydrogens is 316 g/mol. The summed E-state index contributed by atoms with van der Waals surface area (Å²) < 4.78 is 15.2. The van der Waals surface area contributed by atoms with Gasteiger partial charge in [-0.25, -0.2) is 0 Å². The highest BCUT2D eigenvalue weighted by Gasteiger charge is 2.18. The number of hydrogen-bond acceptors (Lipinski definition) is 7. The zero-order valence-electron chi connectivity index (χ0n) is 15.3. The number of esters is 3. The molecule has 7 nitrogen and oxygen atoms in total. The van der Waals surface area contributed by atoms with E-state index in [2.05, 4.69) is 0 Å². The molecule has 0 rings (SSSR count). The van der Waals surface area contributed by atoms with Gasteiger partial charge in [0.2, 0.25) is 0 Å². The average molecular weight is 348 g/mol. The van der Waals surface area contributed by atoms with Gasteiger partial charge < -0.3 is 19.3 Å². The molecule has 0 aromatic rings. The third-order valence-corrected chi connectivity index (χ3v) is 2.52. The minimum absolute atomic E-state index is 0.0896. The SMILES string of the molecule is CCCC(=O)OCC(COC(=O)CCC)OC(=O)CCC.CCO. The van der Waals surface area contributed by atoms with Crippen LogP contribution in [-0.2, 0) is 28.6 Å². The fraction of sp³-hybridized carbons (Fsp3) is 0.824. The molecule has 0 fully saturated rings. The molecule has 0 saturated heterocycles. The van der Waals surface area contributed by atoms with Gasteiger partial charge in [-0.05, 0) is 26.2 Å². The van der Waals surface area contributed by atoms with Crippen molar-refractivity contribution in [3.05, 3.63) is 0 Å². The summed E-state index contributed by atoms with van der Waals surface area (Å²) in [5.74, 6) is -1.09. The van der Waals surface area contributed by atoms with Gasteiger partial charge in [-0.15, -0.1) is 0 Å². The van der Waals surface area contributed by atoms with E-state index in [1.54, 1.807) is 6.92 Å². The zero-order valence-corrected chi connectivity index (χ0v) is 15.3. The number of aliphatic hydroxyl groups is 1. The van der Waals surface area contributed by atoms with E-state index in [1.807, 2.05) is 20.8 Å². The maximum absolute atomic E-state index is 11.5. The van der Waals surface area contributed by atoms with Gasteiger partial charge in [-0.1, -0.05) is 20.8 Å². The smallest absolute Gasteiger partial charge is 0.306 e. The molecule has 0 aliphatic rings. The molecular formula is C17H32O7. The molecule has 0 bridgehead atoms. The van der Waals surface area contributed by atoms with E-state index in [-0.39, 0.29) is 44.1 Å². The molecule has 24 heavy (non-hydrogen) atoms. The standard InChI is InChI=1S/C15H26O6.C2H6O/c1-4-7-13(16)19-10-12(21-15(18)9-6-3)11-20-14(17)8-5-2;1-2-3/h12H,4-11H2,1-3H3;3H,2H2,1H3. The van der Waals surface area contributed by atoms with Crippen molar-refractivity contribution in [2.75, 3.05) is 19.8 Å². The Labute approximate surface area is 144 Å². The molecule has 0 radical (unpaired) electrons. The van der Waals surface area contributed by atoms with Crippen molar-refractivity contribution in [3.63, 3.8) is 0 Å². The Kier molecular flexibility index (Phi) is 18.2. The summed E-state index contributed by atoms with van der Waals surface area (Å²) in [6, 6.07) is 0. The summed E-state index contributed by atoms with van der Waals surface area (Å²) in [7, 11) is 0. The van der Waals surface area contributed by atoms with E-state index in [0.29, 0.717) is 32.1 Å². The van der Waals surface area contributed by atoms with E-state index >= 15 is 0 Å². The van der Waals surface area contributed by atoms with Crippen LogP contribution < -0.4 is 0 Å². The van der Waals surface area contributed by atoms with Gasteiger partial charge in [0.15, 0.2) is 6.10 Å². The second kappa shape index (κ2) is 17.7. The van der Waals surface area contributed by atoms with Crippen molar-refractivity contribution in [1.29, 1.82) is 0 Å². The van der Waals surface area contributed by atoms with E-state index in [9.17, 15) is 14.4 Å². The predicted molar refractivity (Wildman–Crippen MR) is 89.3 cm³/mol. The van der Waals surface area contributed by atoms with Gasteiger partial charge in [0.1, 0.15) is 13.2 Å². The van der Waals surface area contributed by atoms with E-state index < -0.39 is 6.10 Å². The first-order valence-electron chi connectivity index (χ1n) is 8.56.